The van der Waals surface area contributed by atoms with E-state index in [9.17, 15) is 18.0 Å². The van der Waals surface area contributed by atoms with E-state index in [-0.39, 0.29) is 11.6 Å². The Morgan fingerprint density at radius 1 is 1.19 bits per heavy atom. The first kappa shape index (κ1) is 23.1. The van der Waals surface area contributed by atoms with Gasteiger partial charge in [0.1, 0.15) is 6.33 Å². The van der Waals surface area contributed by atoms with Gasteiger partial charge in [0.15, 0.2) is 5.16 Å². The fourth-order valence-corrected chi connectivity index (χ4v) is 4.06. The first-order chi connectivity index (χ1) is 14.6. The number of nitrogens with zero attached hydrogens (tertiary/aromatic N) is 3. The van der Waals surface area contributed by atoms with E-state index in [1.54, 1.807) is 10.6 Å². The van der Waals surface area contributed by atoms with Crippen LogP contribution in [0.1, 0.15) is 25.0 Å². The highest BCUT2D eigenvalue weighted by Crippen LogP contribution is 2.36. The second-order valence-electron chi connectivity index (χ2n) is 7.23. The van der Waals surface area contributed by atoms with Crippen LogP contribution in [0.4, 0.5) is 18.9 Å². The molecule has 0 saturated carbocycles. The molecule has 1 amide bonds. The molecule has 0 spiro atoms. The van der Waals surface area contributed by atoms with E-state index in [2.05, 4.69) is 15.5 Å². The van der Waals surface area contributed by atoms with E-state index >= 15 is 0 Å². The zero-order valence-corrected chi connectivity index (χ0v) is 18.5. The van der Waals surface area contributed by atoms with Crippen molar-refractivity contribution in [3.05, 3.63) is 64.9 Å². The standard InChI is InChI=1S/C21H20ClF3N4OS/c1-12(2)18(19(30)27-17-7-5-4-6-15(17)21(23,24)25)31-20-28-26-11-29(20)14-9-8-13(3)16(22)10-14/h4-12,18H,1-3H3,(H,27,30). The molecule has 2 aromatic carbocycles. The molecule has 1 heterocycles. The number of aromatic nitrogens is 3. The van der Waals surface area contributed by atoms with Crippen LogP contribution >= 0.6 is 23.4 Å². The molecule has 164 valence electrons. The van der Waals surface area contributed by atoms with Gasteiger partial charge in [-0.3, -0.25) is 9.36 Å². The van der Waals surface area contributed by atoms with Gasteiger partial charge in [0.2, 0.25) is 5.91 Å². The third-order valence-electron chi connectivity index (χ3n) is 4.54. The number of amides is 1. The molecule has 1 unspecified atom stereocenters. The summed E-state index contributed by atoms with van der Waals surface area (Å²) in [6, 6.07) is 10.4. The van der Waals surface area contributed by atoms with Crippen molar-refractivity contribution in [1.82, 2.24) is 14.8 Å². The molecule has 1 N–H and O–H groups in total. The molecule has 1 atom stereocenters. The minimum Gasteiger partial charge on any atom is -0.325 e. The van der Waals surface area contributed by atoms with Crippen molar-refractivity contribution in [3.8, 4) is 5.69 Å². The maximum Gasteiger partial charge on any atom is 0.418 e. The van der Waals surface area contributed by atoms with Crippen LogP contribution in [0, 0.1) is 12.8 Å². The maximum absolute atomic E-state index is 13.3. The molecule has 5 nitrogen and oxygen atoms in total. The number of carbonyl (C=O) groups excluding carboxylic acids is 1. The number of anilines is 1. The summed E-state index contributed by atoms with van der Waals surface area (Å²) < 4.78 is 41.5. The fraction of sp³-hybridized carbons (Fsp3) is 0.286. The van der Waals surface area contributed by atoms with Gasteiger partial charge in [-0.25, -0.2) is 0 Å². The molecule has 3 rings (SSSR count). The molecule has 0 saturated heterocycles. The number of alkyl halides is 3. The predicted octanol–water partition coefficient (Wildman–Crippen LogP) is 6.00. The van der Waals surface area contributed by atoms with Crippen molar-refractivity contribution < 1.29 is 18.0 Å². The first-order valence-corrected chi connectivity index (χ1v) is 10.6. The van der Waals surface area contributed by atoms with Crippen LogP contribution in [0.5, 0.6) is 0 Å². The lowest BCUT2D eigenvalue weighted by Gasteiger charge is -2.21. The number of aryl methyl sites for hydroxylation is 1. The Morgan fingerprint density at radius 2 is 1.90 bits per heavy atom. The summed E-state index contributed by atoms with van der Waals surface area (Å²) >= 11 is 7.34. The zero-order chi connectivity index (χ0) is 22.8. The highest BCUT2D eigenvalue weighted by atomic mass is 35.5. The van der Waals surface area contributed by atoms with Crippen LogP contribution in [0.15, 0.2) is 53.9 Å². The molecule has 31 heavy (non-hydrogen) atoms. The number of hydrogen-bond donors (Lipinski definition) is 1. The van der Waals surface area contributed by atoms with Crippen molar-refractivity contribution in [2.24, 2.45) is 5.92 Å². The van der Waals surface area contributed by atoms with Gasteiger partial charge in [-0.05, 0) is 42.7 Å². The molecule has 0 fully saturated rings. The topological polar surface area (TPSA) is 59.8 Å². The Kier molecular flexibility index (Phi) is 6.96. The average Bonchev–Trinajstić information content (AvgIpc) is 3.16. The third-order valence-corrected chi connectivity index (χ3v) is 6.45. The summed E-state index contributed by atoms with van der Waals surface area (Å²) in [6.07, 6.45) is -3.08. The Bertz CT molecular complexity index is 1080. The minimum atomic E-state index is -4.57. The summed E-state index contributed by atoms with van der Waals surface area (Å²) in [5.74, 6) is -0.733. The Balaban J connectivity index is 1.86. The van der Waals surface area contributed by atoms with E-state index in [1.807, 2.05) is 32.9 Å². The Morgan fingerprint density at radius 3 is 2.55 bits per heavy atom. The molecule has 0 aliphatic carbocycles. The molecule has 0 aliphatic heterocycles. The summed E-state index contributed by atoms with van der Waals surface area (Å²) in [5, 5.41) is 10.7. The second kappa shape index (κ2) is 9.32. The lowest BCUT2D eigenvalue weighted by Crippen LogP contribution is -2.30. The summed E-state index contributed by atoms with van der Waals surface area (Å²) in [6.45, 7) is 5.51. The average molecular weight is 469 g/mol. The number of thioether (sulfide) groups is 1. The van der Waals surface area contributed by atoms with Gasteiger partial charge in [-0.2, -0.15) is 13.2 Å². The summed E-state index contributed by atoms with van der Waals surface area (Å²) in [4.78, 5) is 12.9. The van der Waals surface area contributed by atoms with Gasteiger partial charge >= 0.3 is 6.18 Å². The van der Waals surface area contributed by atoms with Crippen molar-refractivity contribution in [1.29, 1.82) is 0 Å². The number of carbonyl (C=O) groups is 1. The third kappa shape index (κ3) is 5.40. The minimum absolute atomic E-state index is 0.185. The van der Waals surface area contributed by atoms with Crippen LogP contribution in [-0.2, 0) is 11.0 Å². The second-order valence-corrected chi connectivity index (χ2v) is 8.75. The number of rotatable bonds is 6. The zero-order valence-electron chi connectivity index (χ0n) is 16.9. The fourth-order valence-electron chi connectivity index (χ4n) is 2.86. The van der Waals surface area contributed by atoms with Gasteiger partial charge in [-0.15, -0.1) is 10.2 Å². The monoisotopic (exact) mass is 468 g/mol. The number of halogens is 4. The lowest BCUT2D eigenvalue weighted by atomic mass is 10.1. The molecular formula is C21H20ClF3N4OS. The number of para-hydroxylation sites is 1. The SMILES string of the molecule is Cc1ccc(-n2cnnc2SC(C(=O)Nc2ccccc2C(F)(F)F)C(C)C)cc1Cl. The summed E-state index contributed by atoms with van der Waals surface area (Å²) in [7, 11) is 0. The first-order valence-electron chi connectivity index (χ1n) is 9.38. The quantitative estimate of drug-likeness (QED) is 0.450. The molecule has 0 radical (unpaired) electrons. The van der Waals surface area contributed by atoms with Crippen molar-refractivity contribution in [2.75, 3.05) is 5.32 Å². The van der Waals surface area contributed by atoms with E-state index in [0.29, 0.717) is 15.9 Å². The number of nitrogens with one attached hydrogen (secondary N) is 1. The van der Waals surface area contributed by atoms with Crippen LogP contribution in [-0.4, -0.2) is 25.9 Å². The molecule has 1 aromatic heterocycles. The van der Waals surface area contributed by atoms with Crippen LogP contribution in [0.2, 0.25) is 5.02 Å². The van der Waals surface area contributed by atoms with E-state index in [0.717, 1.165) is 23.4 Å². The van der Waals surface area contributed by atoms with Crippen molar-refractivity contribution in [3.63, 3.8) is 0 Å². The van der Waals surface area contributed by atoms with Crippen molar-refractivity contribution >= 4 is 35.0 Å². The highest BCUT2D eigenvalue weighted by Gasteiger charge is 2.34. The molecule has 0 aliphatic rings. The normalized spacial score (nSPS) is 12.8. The maximum atomic E-state index is 13.3. The lowest BCUT2D eigenvalue weighted by molar-refractivity contribution is -0.137. The largest absolute Gasteiger partial charge is 0.418 e. The van der Waals surface area contributed by atoms with E-state index in [1.165, 1.54) is 24.5 Å². The molecule has 10 heteroatoms. The Labute approximate surface area is 187 Å². The summed E-state index contributed by atoms with van der Waals surface area (Å²) in [5.41, 5.74) is 0.454. The van der Waals surface area contributed by atoms with E-state index in [4.69, 9.17) is 11.6 Å². The number of hydrogen-bond acceptors (Lipinski definition) is 4. The molecule has 3 aromatic rings. The smallest absolute Gasteiger partial charge is 0.325 e. The van der Waals surface area contributed by atoms with Gasteiger partial charge in [-0.1, -0.05) is 55.4 Å². The van der Waals surface area contributed by atoms with Crippen LogP contribution < -0.4 is 5.32 Å². The highest BCUT2D eigenvalue weighted by molar-refractivity contribution is 8.00. The van der Waals surface area contributed by atoms with Gasteiger partial charge in [0, 0.05) is 5.02 Å². The van der Waals surface area contributed by atoms with Crippen molar-refractivity contribution in [2.45, 2.75) is 37.4 Å². The van der Waals surface area contributed by atoms with Crippen LogP contribution in [0.25, 0.3) is 5.69 Å². The predicted molar refractivity (Wildman–Crippen MR) is 116 cm³/mol. The Hall–Kier alpha value is -2.52. The van der Waals surface area contributed by atoms with Gasteiger partial charge in [0.25, 0.3) is 0 Å². The van der Waals surface area contributed by atoms with Crippen LogP contribution in [0.3, 0.4) is 0 Å². The van der Waals surface area contributed by atoms with Gasteiger partial charge < -0.3 is 5.32 Å². The molecular weight excluding hydrogens is 449 g/mol. The molecule has 0 bridgehead atoms. The van der Waals surface area contributed by atoms with E-state index < -0.39 is 22.9 Å². The number of benzene rings is 2. The van der Waals surface area contributed by atoms with Gasteiger partial charge in [0.05, 0.1) is 22.2 Å².